The smallest absolute Gasteiger partial charge is 0.159 e. The molecule has 2 rings (SSSR count). The Morgan fingerprint density at radius 3 is 2.17 bits per heavy atom. The van der Waals surface area contributed by atoms with Crippen LogP contribution >= 0.6 is 11.6 Å². The first-order valence-electron chi connectivity index (χ1n) is 5.40. The van der Waals surface area contributed by atoms with Gasteiger partial charge in [0.15, 0.2) is 11.6 Å². The predicted octanol–water partition coefficient (Wildman–Crippen LogP) is 4.28. The Morgan fingerprint density at radius 1 is 0.889 bits per heavy atom. The van der Waals surface area contributed by atoms with Crippen molar-refractivity contribution in [1.82, 2.24) is 0 Å². The maximum atomic E-state index is 13.0. The van der Waals surface area contributed by atoms with Gasteiger partial charge in [0.05, 0.1) is 0 Å². The van der Waals surface area contributed by atoms with Crippen molar-refractivity contribution in [3.63, 3.8) is 0 Å². The van der Waals surface area contributed by atoms with Crippen LogP contribution in [-0.2, 0) is 12.5 Å². The molecular formula is C14H11ClF2O. The van der Waals surface area contributed by atoms with Crippen LogP contribution in [0, 0.1) is 11.6 Å². The molecule has 2 aromatic rings. The molecule has 0 saturated heterocycles. The van der Waals surface area contributed by atoms with E-state index in [-0.39, 0.29) is 6.61 Å². The van der Waals surface area contributed by atoms with Gasteiger partial charge < -0.3 is 4.74 Å². The minimum absolute atomic E-state index is 0.192. The van der Waals surface area contributed by atoms with Crippen molar-refractivity contribution >= 4 is 11.6 Å². The minimum Gasteiger partial charge on any atom is -0.489 e. The number of rotatable bonds is 4. The number of ether oxygens (including phenoxy) is 1. The summed E-state index contributed by atoms with van der Waals surface area (Å²) >= 11 is 5.67. The standard InChI is InChI=1S/C14H11ClF2O/c15-8-10-1-4-12(5-2-10)18-9-11-3-6-13(16)14(17)7-11/h1-7H,8-9H2. The zero-order valence-corrected chi connectivity index (χ0v) is 10.3. The lowest BCUT2D eigenvalue weighted by Gasteiger charge is -2.07. The number of hydrogen-bond acceptors (Lipinski definition) is 1. The fourth-order valence-corrected chi connectivity index (χ4v) is 1.65. The maximum Gasteiger partial charge on any atom is 0.159 e. The summed E-state index contributed by atoms with van der Waals surface area (Å²) in [7, 11) is 0. The molecule has 1 nitrogen and oxygen atoms in total. The highest BCUT2D eigenvalue weighted by Crippen LogP contribution is 2.16. The molecule has 0 aliphatic heterocycles. The summed E-state index contributed by atoms with van der Waals surface area (Å²) in [5, 5.41) is 0. The van der Waals surface area contributed by atoms with Crippen LogP contribution in [0.15, 0.2) is 42.5 Å². The fraction of sp³-hybridized carbons (Fsp3) is 0.143. The molecule has 0 amide bonds. The summed E-state index contributed by atoms with van der Waals surface area (Å²) in [5.74, 6) is -0.615. The minimum atomic E-state index is -0.867. The molecule has 0 aromatic heterocycles. The number of alkyl halides is 1. The number of hydrogen-bond donors (Lipinski definition) is 0. The van der Waals surface area contributed by atoms with E-state index in [1.165, 1.54) is 6.07 Å². The second-order valence-corrected chi connectivity index (χ2v) is 4.08. The highest BCUT2D eigenvalue weighted by Gasteiger charge is 2.03. The van der Waals surface area contributed by atoms with E-state index in [9.17, 15) is 8.78 Å². The zero-order chi connectivity index (χ0) is 13.0. The Bertz CT molecular complexity index is 526. The number of halogens is 3. The molecule has 0 atom stereocenters. The van der Waals surface area contributed by atoms with Crippen LogP contribution < -0.4 is 4.74 Å². The molecule has 0 N–H and O–H groups in total. The van der Waals surface area contributed by atoms with Gasteiger partial charge in [-0.2, -0.15) is 0 Å². The van der Waals surface area contributed by atoms with Gasteiger partial charge in [0, 0.05) is 5.88 Å². The highest BCUT2D eigenvalue weighted by molar-refractivity contribution is 6.17. The Hall–Kier alpha value is -1.61. The van der Waals surface area contributed by atoms with Gasteiger partial charge in [-0.25, -0.2) is 8.78 Å². The molecule has 2 aromatic carbocycles. The van der Waals surface area contributed by atoms with Crippen LogP contribution in [0.4, 0.5) is 8.78 Å². The van der Waals surface area contributed by atoms with Gasteiger partial charge in [-0.3, -0.25) is 0 Å². The van der Waals surface area contributed by atoms with Crippen LogP contribution in [-0.4, -0.2) is 0 Å². The Kier molecular flexibility index (Phi) is 4.15. The van der Waals surface area contributed by atoms with Crippen LogP contribution in [0.5, 0.6) is 5.75 Å². The molecule has 94 valence electrons. The van der Waals surface area contributed by atoms with E-state index in [4.69, 9.17) is 16.3 Å². The van der Waals surface area contributed by atoms with Crippen molar-refractivity contribution in [3.05, 3.63) is 65.2 Å². The van der Waals surface area contributed by atoms with Crippen molar-refractivity contribution in [3.8, 4) is 5.75 Å². The second-order valence-electron chi connectivity index (χ2n) is 3.81. The lowest BCUT2D eigenvalue weighted by Crippen LogP contribution is -1.97. The SMILES string of the molecule is Fc1ccc(COc2ccc(CCl)cc2)cc1F. The monoisotopic (exact) mass is 268 g/mol. The molecule has 0 heterocycles. The van der Waals surface area contributed by atoms with Crippen molar-refractivity contribution in [2.24, 2.45) is 0 Å². The molecule has 0 unspecified atom stereocenters. The summed E-state index contributed by atoms with van der Waals surface area (Å²) in [6, 6.07) is 11.0. The summed E-state index contributed by atoms with van der Waals surface area (Å²) in [6.45, 7) is 0.192. The third-order valence-electron chi connectivity index (χ3n) is 2.47. The van der Waals surface area contributed by atoms with E-state index in [1.54, 1.807) is 12.1 Å². The van der Waals surface area contributed by atoms with Crippen LogP contribution in [0.2, 0.25) is 0 Å². The van der Waals surface area contributed by atoms with Crippen LogP contribution in [0.3, 0.4) is 0 Å². The van der Waals surface area contributed by atoms with Gasteiger partial charge in [-0.15, -0.1) is 11.6 Å². The van der Waals surface area contributed by atoms with E-state index in [1.807, 2.05) is 12.1 Å². The summed E-state index contributed by atoms with van der Waals surface area (Å²) in [4.78, 5) is 0. The molecule has 0 radical (unpaired) electrons. The molecule has 0 bridgehead atoms. The van der Waals surface area contributed by atoms with Crippen molar-refractivity contribution in [1.29, 1.82) is 0 Å². The quantitative estimate of drug-likeness (QED) is 0.752. The normalized spacial score (nSPS) is 10.4. The summed E-state index contributed by atoms with van der Waals surface area (Å²) in [5.41, 5.74) is 1.58. The molecule has 4 heteroatoms. The molecule has 18 heavy (non-hydrogen) atoms. The Labute approximate surface area is 109 Å². The Balaban J connectivity index is 1.99. The largest absolute Gasteiger partial charge is 0.489 e. The van der Waals surface area contributed by atoms with Crippen molar-refractivity contribution < 1.29 is 13.5 Å². The van der Waals surface area contributed by atoms with E-state index in [0.717, 1.165) is 17.7 Å². The van der Waals surface area contributed by atoms with Crippen LogP contribution in [0.1, 0.15) is 11.1 Å². The van der Waals surface area contributed by atoms with E-state index in [2.05, 4.69) is 0 Å². The summed E-state index contributed by atoms with van der Waals surface area (Å²) in [6.07, 6.45) is 0. The van der Waals surface area contributed by atoms with Crippen LogP contribution in [0.25, 0.3) is 0 Å². The topological polar surface area (TPSA) is 9.23 Å². The average molecular weight is 269 g/mol. The lowest BCUT2D eigenvalue weighted by atomic mass is 10.2. The predicted molar refractivity (Wildman–Crippen MR) is 66.7 cm³/mol. The van der Waals surface area contributed by atoms with Crippen molar-refractivity contribution in [2.75, 3.05) is 0 Å². The first-order valence-corrected chi connectivity index (χ1v) is 5.94. The van der Waals surface area contributed by atoms with Gasteiger partial charge in [-0.1, -0.05) is 18.2 Å². The molecule has 0 fully saturated rings. The van der Waals surface area contributed by atoms with Gasteiger partial charge >= 0.3 is 0 Å². The molecular weight excluding hydrogens is 258 g/mol. The van der Waals surface area contributed by atoms with E-state index in [0.29, 0.717) is 17.2 Å². The van der Waals surface area contributed by atoms with Gasteiger partial charge in [0.25, 0.3) is 0 Å². The fourth-order valence-electron chi connectivity index (χ4n) is 1.47. The Morgan fingerprint density at radius 2 is 1.56 bits per heavy atom. The highest BCUT2D eigenvalue weighted by atomic mass is 35.5. The molecule has 0 aliphatic carbocycles. The maximum absolute atomic E-state index is 13.0. The molecule has 0 aliphatic rings. The zero-order valence-electron chi connectivity index (χ0n) is 9.50. The number of benzene rings is 2. The van der Waals surface area contributed by atoms with Gasteiger partial charge in [-0.05, 0) is 35.4 Å². The lowest BCUT2D eigenvalue weighted by molar-refractivity contribution is 0.305. The molecule has 0 spiro atoms. The molecule has 0 saturated carbocycles. The third-order valence-corrected chi connectivity index (χ3v) is 2.78. The van der Waals surface area contributed by atoms with Gasteiger partial charge in [0.1, 0.15) is 12.4 Å². The van der Waals surface area contributed by atoms with Crippen molar-refractivity contribution in [2.45, 2.75) is 12.5 Å². The average Bonchev–Trinajstić information content (AvgIpc) is 2.41. The summed E-state index contributed by atoms with van der Waals surface area (Å²) < 4.78 is 31.1. The second kappa shape index (κ2) is 5.83. The first kappa shape index (κ1) is 12.8. The van der Waals surface area contributed by atoms with Gasteiger partial charge in [0.2, 0.25) is 0 Å². The third kappa shape index (κ3) is 3.20. The van der Waals surface area contributed by atoms with E-state index >= 15 is 0 Å². The first-order chi connectivity index (χ1) is 8.69. The van der Waals surface area contributed by atoms with E-state index < -0.39 is 11.6 Å².